The Kier molecular flexibility index (Phi) is 7.44. The molecule has 0 aliphatic rings. The summed E-state index contributed by atoms with van der Waals surface area (Å²) in [5.74, 6) is -0.264. The number of rotatable bonds is 8. The first kappa shape index (κ1) is 24.7. The third-order valence-electron chi connectivity index (χ3n) is 5.56. The first-order chi connectivity index (χ1) is 17.4. The van der Waals surface area contributed by atoms with E-state index in [1.165, 1.54) is 13.8 Å². The maximum Gasteiger partial charge on any atom is 0.289 e. The van der Waals surface area contributed by atoms with Gasteiger partial charge in [-0.05, 0) is 50.2 Å². The average molecular weight is 486 g/mol. The molecule has 0 aliphatic heterocycles. The molecule has 8 heteroatoms. The van der Waals surface area contributed by atoms with E-state index in [0.29, 0.717) is 23.4 Å². The summed E-state index contributed by atoms with van der Waals surface area (Å²) in [5.41, 5.74) is -0.0458. The average Bonchev–Trinajstić information content (AvgIpc) is 2.90. The van der Waals surface area contributed by atoms with Crippen LogP contribution in [0.2, 0.25) is 0 Å². The quantitative estimate of drug-likeness (QED) is 0.376. The van der Waals surface area contributed by atoms with Crippen molar-refractivity contribution in [1.29, 1.82) is 0 Å². The summed E-state index contributed by atoms with van der Waals surface area (Å²) in [6.45, 7) is 4.86. The third kappa shape index (κ3) is 5.12. The molecule has 0 saturated heterocycles. The Hall–Kier alpha value is -4.46. The van der Waals surface area contributed by atoms with Gasteiger partial charge in [0, 0.05) is 6.42 Å². The van der Waals surface area contributed by atoms with Crippen molar-refractivity contribution in [3.63, 3.8) is 0 Å². The van der Waals surface area contributed by atoms with Crippen LogP contribution in [0.1, 0.15) is 26.6 Å². The number of hydrogen-bond donors (Lipinski definition) is 0. The van der Waals surface area contributed by atoms with Crippen LogP contribution < -0.4 is 20.0 Å². The zero-order valence-corrected chi connectivity index (χ0v) is 20.3. The molecule has 184 valence electrons. The lowest BCUT2D eigenvalue weighted by Crippen LogP contribution is -2.58. The van der Waals surface area contributed by atoms with Gasteiger partial charge in [0.05, 0.1) is 10.9 Å². The lowest BCUT2D eigenvalue weighted by atomic mass is 10.2. The van der Waals surface area contributed by atoms with Crippen molar-refractivity contribution in [2.24, 2.45) is 0 Å². The van der Waals surface area contributed by atoms with Crippen LogP contribution in [0, 0.1) is 0 Å². The first-order valence-corrected chi connectivity index (χ1v) is 11.7. The largest absolute Gasteiger partial charge is 0.481 e. The van der Waals surface area contributed by atoms with Crippen molar-refractivity contribution >= 4 is 22.7 Å². The van der Waals surface area contributed by atoms with Crippen LogP contribution >= 0.6 is 0 Å². The van der Waals surface area contributed by atoms with E-state index in [0.717, 1.165) is 9.69 Å². The highest BCUT2D eigenvalue weighted by Gasteiger charge is 2.35. The standard InChI is InChI=1S/C28H27N3O5/c1-4-25-29-24-18-12-11-17-23(24)28(34)30(25)31(26(32)19(2)35-21-13-7-5-8-14-21)27(33)20(3)36-22-15-9-6-10-16-22/h5-20H,4H2,1-3H3. The molecule has 0 bridgehead atoms. The molecule has 0 N–H and O–H groups in total. The summed E-state index contributed by atoms with van der Waals surface area (Å²) >= 11 is 0. The Labute approximate surface area is 208 Å². The van der Waals surface area contributed by atoms with Gasteiger partial charge in [-0.3, -0.25) is 14.4 Å². The van der Waals surface area contributed by atoms with E-state index >= 15 is 0 Å². The van der Waals surface area contributed by atoms with Crippen LogP contribution in [0.5, 0.6) is 11.5 Å². The second-order valence-electron chi connectivity index (χ2n) is 8.15. The first-order valence-electron chi connectivity index (χ1n) is 11.7. The van der Waals surface area contributed by atoms with Crippen molar-refractivity contribution in [3.8, 4) is 11.5 Å². The van der Waals surface area contributed by atoms with Gasteiger partial charge in [-0.15, -0.1) is 0 Å². The minimum atomic E-state index is -1.08. The molecule has 8 nitrogen and oxygen atoms in total. The molecule has 36 heavy (non-hydrogen) atoms. The number of carbonyl (C=O) groups excluding carboxylic acids is 2. The van der Waals surface area contributed by atoms with E-state index in [1.54, 1.807) is 79.7 Å². The van der Waals surface area contributed by atoms with E-state index in [1.807, 2.05) is 12.1 Å². The summed E-state index contributed by atoms with van der Waals surface area (Å²) < 4.78 is 12.7. The van der Waals surface area contributed by atoms with Gasteiger partial charge in [0.1, 0.15) is 17.3 Å². The van der Waals surface area contributed by atoms with Crippen molar-refractivity contribution in [2.75, 3.05) is 5.01 Å². The van der Waals surface area contributed by atoms with Gasteiger partial charge in [0.25, 0.3) is 17.4 Å². The number of carbonyl (C=O) groups is 2. The maximum atomic E-state index is 13.7. The molecule has 2 unspecified atom stereocenters. The van der Waals surface area contributed by atoms with Gasteiger partial charge in [-0.1, -0.05) is 55.5 Å². The fourth-order valence-corrected chi connectivity index (χ4v) is 3.76. The van der Waals surface area contributed by atoms with Crippen LogP contribution in [0.15, 0.2) is 89.7 Å². The second kappa shape index (κ2) is 10.9. The molecule has 0 aliphatic carbocycles. The van der Waals surface area contributed by atoms with E-state index in [2.05, 4.69) is 4.98 Å². The van der Waals surface area contributed by atoms with Crippen LogP contribution in [0.25, 0.3) is 10.9 Å². The van der Waals surface area contributed by atoms with E-state index in [4.69, 9.17) is 9.47 Å². The number of aromatic nitrogens is 2. The van der Waals surface area contributed by atoms with Gasteiger partial charge >= 0.3 is 0 Å². The zero-order valence-electron chi connectivity index (χ0n) is 20.3. The molecule has 2 atom stereocenters. The number of fused-ring (bicyclic) bond motifs is 1. The molecule has 4 aromatic rings. The van der Waals surface area contributed by atoms with E-state index in [9.17, 15) is 14.4 Å². The highest BCUT2D eigenvalue weighted by molar-refractivity contribution is 6.11. The minimum Gasteiger partial charge on any atom is -0.481 e. The fraction of sp³-hybridized carbons (Fsp3) is 0.214. The maximum absolute atomic E-state index is 13.7. The molecular weight excluding hydrogens is 458 g/mol. The number of ether oxygens (including phenoxy) is 2. The molecule has 0 saturated carbocycles. The van der Waals surface area contributed by atoms with Crippen molar-refractivity contribution in [1.82, 2.24) is 9.66 Å². The normalized spacial score (nSPS) is 12.5. The number of nitrogens with zero attached hydrogens (tertiary/aromatic N) is 3. The number of amides is 2. The van der Waals surface area contributed by atoms with E-state index < -0.39 is 29.6 Å². The van der Waals surface area contributed by atoms with Gasteiger partial charge in [-0.25, -0.2) is 4.98 Å². The summed E-state index contributed by atoms with van der Waals surface area (Å²) in [4.78, 5) is 45.7. The predicted molar refractivity (Wildman–Crippen MR) is 137 cm³/mol. The molecule has 3 aromatic carbocycles. The monoisotopic (exact) mass is 485 g/mol. The highest BCUT2D eigenvalue weighted by atomic mass is 16.5. The van der Waals surface area contributed by atoms with Crippen LogP contribution in [0.4, 0.5) is 0 Å². The molecule has 0 fully saturated rings. The lowest BCUT2D eigenvalue weighted by Gasteiger charge is -2.29. The number of para-hydroxylation sites is 3. The van der Waals surface area contributed by atoms with Crippen LogP contribution in [-0.2, 0) is 16.0 Å². The van der Waals surface area contributed by atoms with Crippen molar-refractivity contribution in [2.45, 2.75) is 39.4 Å². The van der Waals surface area contributed by atoms with Crippen LogP contribution in [0.3, 0.4) is 0 Å². The Morgan fingerprint density at radius 3 is 1.78 bits per heavy atom. The smallest absolute Gasteiger partial charge is 0.289 e. The summed E-state index contributed by atoms with van der Waals surface area (Å²) in [6.07, 6.45) is -1.86. The zero-order chi connectivity index (χ0) is 25.7. The van der Waals surface area contributed by atoms with E-state index in [-0.39, 0.29) is 11.2 Å². The summed E-state index contributed by atoms with van der Waals surface area (Å²) in [7, 11) is 0. The summed E-state index contributed by atoms with van der Waals surface area (Å²) in [6, 6.07) is 24.4. The molecule has 1 heterocycles. The van der Waals surface area contributed by atoms with Gasteiger partial charge in [0.2, 0.25) is 0 Å². The van der Waals surface area contributed by atoms with Gasteiger partial charge in [-0.2, -0.15) is 9.69 Å². The SMILES string of the molecule is CCc1nc2ccccc2c(=O)n1N(C(=O)C(C)Oc1ccccc1)C(=O)C(C)Oc1ccccc1. The Morgan fingerprint density at radius 1 is 0.806 bits per heavy atom. The Bertz CT molecular complexity index is 1360. The second-order valence-corrected chi connectivity index (χ2v) is 8.15. The minimum absolute atomic E-state index is 0.263. The predicted octanol–water partition coefficient (Wildman–Crippen LogP) is 3.89. The third-order valence-corrected chi connectivity index (χ3v) is 5.56. The molecule has 2 amide bonds. The molecule has 0 spiro atoms. The van der Waals surface area contributed by atoms with Crippen molar-refractivity contribution in [3.05, 3.63) is 101 Å². The summed E-state index contributed by atoms with van der Waals surface area (Å²) in [5, 5.41) is 1.09. The molecule has 4 rings (SSSR count). The topological polar surface area (TPSA) is 90.7 Å². The highest BCUT2D eigenvalue weighted by Crippen LogP contribution is 2.16. The number of benzene rings is 3. The molecule has 0 radical (unpaired) electrons. The van der Waals surface area contributed by atoms with Crippen molar-refractivity contribution < 1.29 is 19.1 Å². The number of imide groups is 1. The number of hydrogen-bond acceptors (Lipinski definition) is 6. The number of aryl methyl sites for hydroxylation is 1. The Balaban J connectivity index is 1.79. The molecular formula is C28H27N3O5. The van der Waals surface area contributed by atoms with Crippen LogP contribution in [-0.4, -0.2) is 33.7 Å². The Morgan fingerprint density at radius 2 is 1.28 bits per heavy atom. The molecule has 1 aromatic heterocycles. The fourth-order valence-electron chi connectivity index (χ4n) is 3.76. The lowest BCUT2D eigenvalue weighted by molar-refractivity contribution is -0.136. The van der Waals surface area contributed by atoms with Gasteiger partial charge < -0.3 is 9.47 Å². The van der Waals surface area contributed by atoms with Gasteiger partial charge in [0.15, 0.2) is 12.2 Å².